The topological polar surface area (TPSA) is 75.1 Å². The number of nitrogens with one attached hydrogen (secondary N) is 1. The van der Waals surface area contributed by atoms with Crippen LogP contribution in [0.4, 0.5) is 5.13 Å². The summed E-state index contributed by atoms with van der Waals surface area (Å²) in [6.45, 7) is 0. The first kappa shape index (κ1) is 12.9. The number of benzene rings is 1. The molecule has 1 aromatic carbocycles. The maximum absolute atomic E-state index is 11.6. The number of anilines is 1. The average molecular weight is 284 g/mol. The number of amides is 1. The Morgan fingerprint density at radius 3 is 2.78 bits per heavy atom. The van der Waals surface area contributed by atoms with E-state index in [1.54, 1.807) is 24.3 Å². The maximum atomic E-state index is 11.6. The van der Waals surface area contributed by atoms with Gasteiger partial charge in [0.2, 0.25) is 11.0 Å². The van der Waals surface area contributed by atoms with Crippen LogP contribution in [0.2, 0.25) is 5.02 Å². The number of aliphatic hydroxyl groups excluding tert-OH is 1. The van der Waals surface area contributed by atoms with E-state index < -0.39 is 6.10 Å². The van der Waals surface area contributed by atoms with E-state index in [-0.39, 0.29) is 12.3 Å². The lowest BCUT2D eigenvalue weighted by atomic mass is 10.1. The van der Waals surface area contributed by atoms with Crippen LogP contribution in [-0.4, -0.2) is 21.2 Å². The highest BCUT2D eigenvalue weighted by Gasteiger charge is 2.13. The zero-order valence-electron chi connectivity index (χ0n) is 9.21. The zero-order chi connectivity index (χ0) is 13.0. The van der Waals surface area contributed by atoms with Gasteiger partial charge in [-0.3, -0.25) is 4.79 Å². The smallest absolute Gasteiger partial charge is 0.229 e. The van der Waals surface area contributed by atoms with Gasteiger partial charge in [-0.25, -0.2) is 0 Å². The summed E-state index contributed by atoms with van der Waals surface area (Å²) in [5, 5.41) is 20.7. The van der Waals surface area contributed by atoms with Gasteiger partial charge in [0, 0.05) is 5.02 Å². The Morgan fingerprint density at radius 2 is 2.17 bits per heavy atom. The highest BCUT2D eigenvalue weighted by molar-refractivity contribution is 7.13. The predicted molar refractivity (Wildman–Crippen MR) is 69.6 cm³/mol. The molecule has 2 N–H and O–H groups in total. The molecule has 0 spiro atoms. The first-order valence-electron chi connectivity index (χ1n) is 5.14. The van der Waals surface area contributed by atoms with Gasteiger partial charge >= 0.3 is 0 Å². The summed E-state index contributed by atoms with van der Waals surface area (Å²) < 4.78 is 0. The number of halogens is 1. The normalized spacial score (nSPS) is 12.1. The lowest BCUT2D eigenvalue weighted by molar-refractivity contribution is -0.118. The molecule has 0 aliphatic rings. The van der Waals surface area contributed by atoms with Crippen LogP contribution in [0, 0.1) is 0 Å². The van der Waals surface area contributed by atoms with Crippen molar-refractivity contribution in [2.24, 2.45) is 0 Å². The lowest BCUT2D eigenvalue weighted by Gasteiger charge is -2.10. The fourth-order valence-electron chi connectivity index (χ4n) is 1.38. The number of rotatable bonds is 4. The van der Waals surface area contributed by atoms with Gasteiger partial charge < -0.3 is 10.4 Å². The fourth-order valence-corrected chi connectivity index (χ4v) is 1.96. The molecule has 2 rings (SSSR count). The number of carbonyl (C=O) groups is 1. The van der Waals surface area contributed by atoms with E-state index >= 15 is 0 Å². The molecule has 1 amide bonds. The van der Waals surface area contributed by atoms with Crippen molar-refractivity contribution in [2.75, 3.05) is 5.32 Å². The third-order valence-corrected chi connectivity index (χ3v) is 3.10. The molecule has 18 heavy (non-hydrogen) atoms. The molecule has 5 nitrogen and oxygen atoms in total. The van der Waals surface area contributed by atoms with E-state index in [0.717, 1.165) is 0 Å². The van der Waals surface area contributed by atoms with Crippen molar-refractivity contribution in [1.82, 2.24) is 10.2 Å². The van der Waals surface area contributed by atoms with Crippen LogP contribution >= 0.6 is 22.9 Å². The molecule has 0 saturated carbocycles. The highest BCUT2D eigenvalue weighted by atomic mass is 35.5. The van der Waals surface area contributed by atoms with Gasteiger partial charge in [-0.1, -0.05) is 35.1 Å². The molecule has 7 heteroatoms. The molecule has 1 aromatic heterocycles. The first-order valence-corrected chi connectivity index (χ1v) is 6.40. The minimum Gasteiger partial charge on any atom is -0.388 e. The Bertz CT molecular complexity index is 516. The number of aromatic nitrogens is 2. The van der Waals surface area contributed by atoms with Gasteiger partial charge in [0.25, 0.3) is 0 Å². The summed E-state index contributed by atoms with van der Waals surface area (Å²) in [5.41, 5.74) is 2.16. The summed E-state index contributed by atoms with van der Waals surface area (Å²) in [5.74, 6) is -0.311. The Morgan fingerprint density at radius 1 is 1.44 bits per heavy atom. The monoisotopic (exact) mass is 283 g/mol. The van der Waals surface area contributed by atoms with Crippen molar-refractivity contribution in [1.29, 1.82) is 0 Å². The molecular formula is C11H10ClN3O2S. The molecule has 0 aliphatic carbocycles. The molecule has 1 heterocycles. The van der Waals surface area contributed by atoms with Gasteiger partial charge in [-0.15, -0.1) is 10.2 Å². The van der Waals surface area contributed by atoms with Crippen LogP contribution in [0.15, 0.2) is 29.8 Å². The van der Waals surface area contributed by atoms with Crippen molar-refractivity contribution in [2.45, 2.75) is 12.5 Å². The largest absolute Gasteiger partial charge is 0.388 e. The molecule has 1 unspecified atom stereocenters. The van der Waals surface area contributed by atoms with Crippen LogP contribution in [-0.2, 0) is 4.79 Å². The highest BCUT2D eigenvalue weighted by Crippen LogP contribution is 2.20. The third kappa shape index (κ3) is 3.49. The molecule has 0 aliphatic heterocycles. The Hall–Kier alpha value is -1.50. The number of hydrogen-bond donors (Lipinski definition) is 2. The minimum atomic E-state index is -0.866. The summed E-state index contributed by atoms with van der Waals surface area (Å²) in [6, 6.07) is 6.71. The fraction of sp³-hybridized carbons (Fsp3) is 0.182. The Balaban J connectivity index is 1.92. The van der Waals surface area contributed by atoms with E-state index in [2.05, 4.69) is 15.5 Å². The summed E-state index contributed by atoms with van der Waals surface area (Å²) >= 11 is 6.97. The molecule has 94 valence electrons. The number of carbonyl (C=O) groups excluding carboxylic acids is 1. The second-order valence-corrected chi connectivity index (χ2v) is 4.83. The van der Waals surface area contributed by atoms with Crippen molar-refractivity contribution in [3.63, 3.8) is 0 Å². The average Bonchev–Trinajstić information content (AvgIpc) is 2.82. The van der Waals surface area contributed by atoms with E-state index in [1.807, 2.05) is 0 Å². The van der Waals surface area contributed by atoms with Crippen LogP contribution in [0.3, 0.4) is 0 Å². The molecule has 1 atom stereocenters. The van der Waals surface area contributed by atoms with Gasteiger partial charge in [0.15, 0.2) is 0 Å². The van der Waals surface area contributed by atoms with E-state index in [0.29, 0.717) is 15.7 Å². The number of nitrogens with zero attached hydrogens (tertiary/aromatic N) is 2. The summed E-state index contributed by atoms with van der Waals surface area (Å²) in [4.78, 5) is 11.6. The maximum Gasteiger partial charge on any atom is 0.229 e. The Kier molecular flexibility index (Phi) is 4.24. The third-order valence-electron chi connectivity index (χ3n) is 2.24. The molecule has 0 bridgehead atoms. The van der Waals surface area contributed by atoms with Crippen molar-refractivity contribution >= 4 is 34.0 Å². The molecule has 0 radical (unpaired) electrons. The lowest BCUT2D eigenvalue weighted by Crippen LogP contribution is -2.15. The Labute approximate surface area is 112 Å². The summed E-state index contributed by atoms with van der Waals surface area (Å²) in [7, 11) is 0. The van der Waals surface area contributed by atoms with Gasteiger partial charge in [0.1, 0.15) is 5.51 Å². The van der Waals surface area contributed by atoms with Crippen LogP contribution in [0.5, 0.6) is 0 Å². The predicted octanol–water partition coefficient (Wildman–Crippen LogP) is 2.25. The second-order valence-electron chi connectivity index (χ2n) is 3.56. The molecular weight excluding hydrogens is 274 g/mol. The molecule has 0 saturated heterocycles. The van der Waals surface area contributed by atoms with Crippen molar-refractivity contribution in [3.8, 4) is 0 Å². The quantitative estimate of drug-likeness (QED) is 0.902. The molecule has 2 aromatic rings. The zero-order valence-corrected chi connectivity index (χ0v) is 10.8. The van der Waals surface area contributed by atoms with Gasteiger partial charge in [-0.2, -0.15) is 0 Å². The van der Waals surface area contributed by atoms with E-state index in [4.69, 9.17) is 11.6 Å². The van der Waals surface area contributed by atoms with E-state index in [9.17, 15) is 9.90 Å². The van der Waals surface area contributed by atoms with Crippen LogP contribution in [0.1, 0.15) is 18.1 Å². The van der Waals surface area contributed by atoms with Gasteiger partial charge in [0.05, 0.1) is 12.5 Å². The number of hydrogen-bond acceptors (Lipinski definition) is 5. The van der Waals surface area contributed by atoms with Crippen molar-refractivity contribution < 1.29 is 9.90 Å². The summed E-state index contributed by atoms with van der Waals surface area (Å²) in [6.07, 6.45) is -0.906. The van der Waals surface area contributed by atoms with Crippen LogP contribution < -0.4 is 5.32 Å². The van der Waals surface area contributed by atoms with Crippen LogP contribution in [0.25, 0.3) is 0 Å². The second kappa shape index (κ2) is 5.90. The minimum absolute atomic E-state index is 0.0405. The van der Waals surface area contributed by atoms with E-state index in [1.165, 1.54) is 16.8 Å². The number of aliphatic hydroxyl groups is 1. The van der Waals surface area contributed by atoms with Gasteiger partial charge in [-0.05, 0) is 17.7 Å². The molecule has 0 fully saturated rings. The standard InChI is InChI=1S/C11H10ClN3O2S/c12-8-3-1-7(2-4-8)9(16)5-10(17)14-11-15-13-6-18-11/h1-4,6,9,16H,5H2,(H,14,15,17). The SMILES string of the molecule is O=C(CC(O)c1ccc(Cl)cc1)Nc1nncs1. The van der Waals surface area contributed by atoms with Crippen molar-refractivity contribution in [3.05, 3.63) is 40.4 Å². The first-order chi connectivity index (χ1) is 8.65.